The Hall–Kier alpha value is -2.21. The maximum absolute atomic E-state index is 12.2. The normalized spacial score (nSPS) is 19.8. The highest BCUT2D eigenvalue weighted by molar-refractivity contribution is 5.31. The van der Waals surface area contributed by atoms with Gasteiger partial charge < -0.3 is 4.90 Å². The predicted molar refractivity (Wildman–Crippen MR) is 107 cm³/mol. The summed E-state index contributed by atoms with van der Waals surface area (Å²) in [6, 6.07) is 5.83. The molecule has 27 heavy (non-hydrogen) atoms. The molecule has 4 rings (SSSR count). The van der Waals surface area contributed by atoms with Crippen LogP contribution in [0.1, 0.15) is 55.7 Å². The lowest BCUT2D eigenvalue weighted by molar-refractivity contribution is 0.203. The molecule has 2 aliphatic rings. The number of piperidine rings is 1. The quantitative estimate of drug-likeness (QED) is 0.900. The molecule has 2 aliphatic heterocycles. The largest absolute Gasteiger partial charge is 0.342 e. The topological polar surface area (TPSA) is 65.1 Å². The van der Waals surface area contributed by atoms with Gasteiger partial charge in [-0.2, -0.15) is 0 Å². The number of aromatic amines is 1. The summed E-state index contributed by atoms with van der Waals surface area (Å²) in [5.74, 6) is 1.15. The standard InChI is InChI=1S/C21H29N5O/c27-20-14-19(23-21(24-20)26-10-3-1-2-4-11-26)18-7-12-25(13-8-18)16-17-6-5-9-22-15-17/h5-6,9,14-15,18H,1-4,7-8,10-13,16H2,(H,23,24,27). The first-order chi connectivity index (χ1) is 13.3. The van der Waals surface area contributed by atoms with E-state index in [9.17, 15) is 4.79 Å². The van der Waals surface area contributed by atoms with E-state index in [-0.39, 0.29) is 5.56 Å². The number of likely N-dealkylation sites (tertiary alicyclic amines) is 1. The van der Waals surface area contributed by atoms with Gasteiger partial charge in [0.1, 0.15) is 0 Å². The Balaban J connectivity index is 1.41. The molecule has 2 aromatic heterocycles. The van der Waals surface area contributed by atoms with Gasteiger partial charge in [-0.1, -0.05) is 18.9 Å². The van der Waals surface area contributed by atoms with Crippen LogP contribution in [0.5, 0.6) is 0 Å². The van der Waals surface area contributed by atoms with Gasteiger partial charge in [0, 0.05) is 44.0 Å². The molecule has 0 amide bonds. The fourth-order valence-electron chi connectivity index (χ4n) is 4.24. The Bertz CT molecular complexity index is 775. The summed E-state index contributed by atoms with van der Waals surface area (Å²) in [7, 11) is 0. The maximum atomic E-state index is 12.2. The van der Waals surface area contributed by atoms with Crippen molar-refractivity contribution in [3.05, 3.63) is 52.2 Å². The van der Waals surface area contributed by atoms with Crippen molar-refractivity contribution < 1.29 is 0 Å². The molecule has 2 saturated heterocycles. The lowest BCUT2D eigenvalue weighted by Gasteiger charge is -2.32. The molecule has 0 aliphatic carbocycles. The second-order valence-electron chi connectivity index (χ2n) is 7.81. The molecular formula is C21H29N5O. The van der Waals surface area contributed by atoms with Crippen molar-refractivity contribution in [3.63, 3.8) is 0 Å². The number of anilines is 1. The molecule has 0 unspecified atom stereocenters. The van der Waals surface area contributed by atoms with Crippen LogP contribution in [-0.4, -0.2) is 46.0 Å². The van der Waals surface area contributed by atoms with Crippen molar-refractivity contribution in [2.45, 2.75) is 51.0 Å². The fraction of sp³-hybridized carbons (Fsp3) is 0.571. The van der Waals surface area contributed by atoms with E-state index in [0.29, 0.717) is 5.92 Å². The SMILES string of the molecule is O=c1cc(C2CCN(Cc3cccnc3)CC2)nc(N2CCCCCC2)[nH]1. The molecule has 0 atom stereocenters. The van der Waals surface area contributed by atoms with Crippen LogP contribution < -0.4 is 10.5 Å². The summed E-state index contributed by atoms with van der Waals surface area (Å²) in [5.41, 5.74) is 2.21. The van der Waals surface area contributed by atoms with Crippen LogP contribution >= 0.6 is 0 Å². The Kier molecular flexibility index (Phi) is 5.82. The molecule has 2 fully saturated rings. The molecule has 2 aromatic rings. The van der Waals surface area contributed by atoms with E-state index >= 15 is 0 Å². The van der Waals surface area contributed by atoms with Gasteiger partial charge in [-0.15, -0.1) is 0 Å². The minimum atomic E-state index is -0.0166. The first-order valence-electron chi connectivity index (χ1n) is 10.3. The van der Waals surface area contributed by atoms with Crippen molar-refractivity contribution in [1.82, 2.24) is 19.9 Å². The van der Waals surface area contributed by atoms with Crippen LogP contribution in [0.15, 0.2) is 35.4 Å². The monoisotopic (exact) mass is 367 g/mol. The van der Waals surface area contributed by atoms with Gasteiger partial charge in [0.15, 0.2) is 0 Å². The number of rotatable bonds is 4. The van der Waals surface area contributed by atoms with Gasteiger partial charge in [0.05, 0.1) is 5.69 Å². The zero-order valence-electron chi connectivity index (χ0n) is 15.9. The Morgan fingerprint density at radius 1 is 1.07 bits per heavy atom. The summed E-state index contributed by atoms with van der Waals surface area (Å²) in [4.78, 5) is 29.0. The van der Waals surface area contributed by atoms with E-state index in [1.165, 1.54) is 31.2 Å². The number of hydrogen-bond acceptors (Lipinski definition) is 5. The average Bonchev–Trinajstić information content (AvgIpc) is 2.98. The smallest absolute Gasteiger partial charge is 0.252 e. The summed E-state index contributed by atoms with van der Waals surface area (Å²) in [6.07, 6.45) is 10.8. The van der Waals surface area contributed by atoms with Crippen LogP contribution in [0.25, 0.3) is 0 Å². The Morgan fingerprint density at radius 3 is 2.56 bits per heavy atom. The highest BCUT2D eigenvalue weighted by Gasteiger charge is 2.23. The number of pyridine rings is 1. The number of nitrogens with one attached hydrogen (secondary N) is 1. The van der Waals surface area contributed by atoms with E-state index < -0.39 is 0 Å². The Morgan fingerprint density at radius 2 is 1.85 bits per heavy atom. The summed E-state index contributed by atoms with van der Waals surface area (Å²) < 4.78 is 0. The number of hydrogen-bond donors (Lipinski definition) is 1. The summed E-state index contributed by atoms with van der Waals surface area (Å²) in [6.45, 7) is 5.01. The molecule has 0 radical (unpaired) electrons. The minimum Gasteiger partial charge on any atom is -0.342 e. The molecular weight excluding hydrogens is 338 g/mol. The third-order valence-electron chi connectivity index (χ3n) is 5.79. The van der Waals surface area contributed by atoms with Crippen LogP contribution in [-0.2, 0) is 6.54 Å². The van der Waals surface area contributed by atoms with E-state index in [4.69, 9.17) is 4.98 Å². The predicted octanol–water partition coefficient (Wildman–Crippen LogP) is 2.92. The van der Waals surface area contributed by atoms with Gasteiger partial charge in [0.25, 0.3) is 5.56 Å². The van der Waals surface area contributed by atoms with Crippen molar-refractivity contribution >= 4 is 5.95 Å². The second-order valence-corrected chi connectivity index (χ2v) is 7.81. The lowest BCUT2D eigenvalue weighted by atomic mass is 9.93. The van der Waals surface area contributed by atoms with Crippen LogP contribution in [0.2, 0.25) is 0 Å². The zero-order chi connectivity index (χ0) is 18.5. The second kappa shape index (κ2) is 8.65. The van der Waals surface area contributed by atoms with Gasteiger partial charge in [-0.3, -0.25) is 19.7 Å². The van der Waals surface area contributed by atoms with E-state index in [1.807, 2.05) is 18.5 Å². The first kappa shape index (κ1) is 18.2. The van der Waals surface area contributed by atoms with E-state index in [2.05, 4.69) is 25.8 Å². The van der Waals surface area contributed by atoms with Gasteiger partial charge in [0.2, 0.25) is 5.95 Å². The third-order valence-corrected chi connectivity index (χ3v) is 5.79. The molecule has 0 bridgehead atoms. The first-order valence-corrected chi connectivity index (χ1v) is 10.3. The molecule has 6 nitrogen and oxygen atoms in total. The van der Waals surface area contributed by atoms with Crippen molar-refractivity contribution in [1.29, 1.82) is 0 Å². The maximum Gasteiger partial charge on any atom is 0.252 e. The van der Waals surface area contributed by atoms with Crippen LogP contribution in [0.3, 0.4) is 0 Å². The van der Waals surface area contributed by atoms with Gasteiger partial charge in [-0.25, -0.2) is 4.98 Å². The van der Waals surface area contributed by atoms with Crippen molar-refractivity contribution in [2.75, 3.05) is 31.1 Å². The summed E-state index contributed by atoms with van der Waals surface area (Å²) in [5, 5.41) is 0. The van der Waals surface area contributed by atoms with Crippen LogP contribution in [0, 0.1) is 0 Å². The lowest BCUT2D eigenvalue weighted by Crippen LogP contribution is -2.34. The van der Waals surface area contributed by atoms with Crippen LogP contribution in [0.4, 0.5) is 5.95 Å². The molecule has 1 N–H and O–H groups in total. The summed E-state index contributed by atoms with van der Waals surface area (Å²) >= 11 is 0. The molecule has 144 valence electrons. The van der Waals surface area contributed by atoms with E-state index in [0.717, 1.165) is 57.2 Å². The van der Waals surface area contributed by atoms with Gasteiger partial charge in [-0.05, 0) is 50.4 Å². The molecule has 0 aromatic carbocycles. The minimum absolute atomic E-state index is 0.0166. The number of nitrogens with zero attached hydrogens (tertiary/aromatic N) is 4. The highest BCUT2D eigenvalue weighted by Crippen LogP contribution is 2.27. The van der Waals surface area contributed by atoms with Crippen molar-refractivity contribution in [2.24, 2.45) is 0 Å². The number of aromatic nitrogens is 3. The number of H-pyrrole nitrogens is 1. The molecule has 0 spiro atoms. The average molecular weight is 367 g/mol. The highest BCUT2D eigenvalue weighted by atomic mass is 16.1. The molecule has 6 heteroatoms. The fourth-order valence-corrected chi connectivity index (χ4v) is 4.24. The van der Waals surface area contributed by atoms with E-state index in [1.54, 1.807) is 6.07 Å². The van der Waals surface area contributed by atoms with Gasteiger partial charge >= 0.3 is 0 Å². The third kappa shape index (κ3) is 4.75. The van der Waals surface area contributed by atoms with Crippen molar-refractivity contribution in [3.8, 4) is 0 Å². The Labute approximate surface area is 160 Å². The zero-order valence-corrected chi connectivity index (χ0v) is 15.9. The molecule has 4 heterocycles. The molecule has 0 saturated carbocycles.